The van der Waals surface area contributed by atoms with E-state index in [0.29, 0.717) is 0 Å². The van der Waals surface area contributed by atoms with Crippen molar-refractivity contribution in [1.29, 1.82) is 10.7 Å². The number of rotatable bonds is 4. The van der Waals surface area contributed by atoms with Crippen molar-refractivity contribution >= 4 is 5.96 Å². The number of nitrogens with one attached hydrogen (secondary N) is 4. The van der Waals surface area contributed by atoms with Gasteiger partial charge in [-0.3, -0.25) is 21.8 Å². The lowest BCUT2D eigenvalue weighted by Crippen LogP contribution is -2.51. The van der Waals surface area contributed by atoms with E-state index in [-0.39, 0.29) is 12.6 Å². The minimum absolute atomic E-state index is 0.151. The zero-order valence-electron chi connectivity index (χ0n) is 5.89. The normalized spacial score (nSPS) is 11.3. The third-order valence-electron chi connectivity index (χ3n) is 0.821. The van der Waals surface area contributed by atoms with Crippen molar-refractivity contribution in [2.24, 2.45) is 11.5 Å². The van der Waals surface area contributed by atoms with Gasteiger partial charge >= 0.3 is 0 Å². The zero-order chi connectivity index (χ0) is 8.69. The number of nitrogens with two attached hydrogens (primary N) is 2. The van der Waals surface area contributed by atoms with E-state index >= 15 is 0 Å². The molecule has 0 amide bonds. The van der Waals surface area contributed by atoms with Gasteiger partial charge in [-0.2, -0.15) is 5.26 Å². The van der Waals surface area contributed by atoms with Gasteiger partial charge in [-0.25, -0.2) is 0 Å². The van der Waals surface area contributed by atoms with Crippen molar-refractivity contribution in [3.63, 3.8) is 0 Å². The number of guanidine groups is 1. The zero-order valence-corrected chi connectivity index (χ0v) is 5.89. The highest BCUT2D eigenvalue weighted by Crippen LogP contribution is 1.58. The number of hydrogen-bond acceptors (Lipinski definition) is 5. The average Bonchev–Trinajstić information content (AvgIpc) is 1.87. The Hall–Kier alpha value is -1.52. The van der Waals surface area contributed by atoms with Crippen LogP contribution in [-0.2, 0) is 0 Å². The van der Waals surface area contributed by atoms with E-state index in [1.807, 2.05) is 0 Å². The average molecular weight is 157 g/mol. The number of nitriles is 1. The maximum atomic E-state index is 8.08. The lowest BCUT2D eigenvalue weighted by Gasteiger charge is -2.11. The Kier molecular flexibility index (Phi) is 4.55. The Balaban J connectivity index is 3.25. The predicted octanol–water partition coefficient (Wildman–Crippen LogP) is -2.67. The summed E-state index contributed by atoms with van der Waals surface area (Å²) in [5, 5.41) is 22.1. The minimum Gasteiger partial charge on any atom is -0.370 e. The maximum absolute atomic E-state index is 8.08. The topological polar surface area (TPSA) is 136 Å². The SMILES string of the molecule is N#CNC(N)NCNC(=N)N. The van der Waals surface area contributed by atoms with Gasteiger partial charge in [0.25, 0.3) is 0 Å². The third-order valence-corrected chi connectivity index (χ3v) is 0.821. The highest BCUT2D eigenvalue weighted by atomic mass is 15.3. The van der Waals surface area contributed by atoms with E-state index in [0.717, 1.165) is 0 Å². The van der Waals surface area contributed by atoms with Crippen molar-refractivity contribution in [2.45, 2.75) is 6.29 Å². The summed E-state index contributed by atoms with van der Waals surface area (Å²) in [4.78, 5) is 0. The van der Waals surface area contributed by atoms with Crippen LogP contribution in [0.25, 0.3) is 0 Å². The third kappa shape index (κ3) is 6.36. The van der Waals surface area contributed by atoms with Crippen LogP contribution in [0.4, 0.5) is 0 Å². The molecule has 0 spiro atoms. The fourth-order valence-electron chi connectivity index (χ4n) is 0.377. The Morgan fingerprint density at radius 2 is 2.36 bits per heavy atom. The van der Waals surface area contributed by atoms with Gasteiger partial charge in [0.05, 0.1) is 6.67 Å². The van der Waals surface area contributed by atoms with Crippen molar-refractivity contribution in [1.82, 2.24) is 16.0 Å². The fourth-order valence-corrected chi connectivity index (χ4v) is 0.377. The van der Waals surface area contributed by atoms with Crippen LogP contribution >= 0.6 is 0 Å². The first-order valence-electron chi connectivity index (χ1n) is 2.88. The quantitative estimate of drug-likeness (QED) is 0.0865. The standard InChI is InChI=1S/C4H11N7/c5-1-9-4(8)11-2-10-3(6)7/h4,9,11H,2,8H2,(H4,6,7,10). The molecule has 0 radical (unpaired) electrons. The molecular formula is C4H11N7. The molecule has 0 saturated carbocycles. The smallest absolute Gasteiger partial charge is 0.186 e. The van der Waals surface area contributed by atoms with Gasteiger partial charge in [0.15, 0.2) is 12.2 Å². The van der Waals surface area contributed by atoms with Gasteiger partial charge in [-0.05, 0) is 0 Å². The first-order chi connectivity index (χ1) is 5.16. The minimum atomic E-state index is -0.619. The van der Waals surface area contributed by atoms with E-state index in [4.69, 9.17) is 22.1 Å². The molecule has 7 nitrogen and oxygen atoms in total. The molecule has 1 atom stereocenters. The summed E-state index contributed by atoms with van der Waals surface area (Å²) in [6.45, 7) is 0.241. The Labute approximate surface area is 64.2 Å². The van der Waals surface area contributed by atoms with Crippen LogP contribution in [0, 0.1) is 16.9 Å². The Morgan fingerprint density at radius 3 is 2.82 bits per heavy atom. The van der Waals surface area contributed by atoms with Gasteiger partial charge in [-0.15, -0.1) is 0 Å². The summed E-state index contributed by atoms with van der Waals surface area (Å²) in [6.07, 6.45) is 1.04. The molecule has 0 bridgehead atoms. The van der Waals surface area contributed by atoms with Crippen molar-refractivity contribution in [3.8, 4) is 6.19 Å². The predicted molar refractivity (Wildman–Crippen MR) is 39.8 cm³/mol. The molecule has 0 saturated heterocycles. The van der Waals surface area contributed by atoms with Gasteiger partial charge in [0.2, 0.25) is 0 Å². The molecule has 11 heavy (non-hydrogen) atoms. The van der Waals surface area contributed by atoms with E-state index in [9.17, 15) is 0 Å². The lowest BCUT2D eigenvalue weighted by atomic mass is 10.8. The summed E-state index contributed by atoms with van der Waals surface area (Å²) < 4.78 is 0. The van der Waals surface area contributed by atoms with Gasteiger partial charge in [0.1, 0.15) is 6.29 Å². The van der Waals surface area contributed by atoms with E-state index < -0.39 is 6.29 Å². The molecule has 0 aliphatic carbocycles. The maximum Gasteiger partial charge on any atom is 0.186 e. The van der Waals surface area contributed by atoms with Crippen molar-refractivity contribution in [3.05, 3.63) is 0 Å². The molecule has 0 rings (SSSR count). The van der Waals surface area contributed by atoms with E-state index in [1.165, 1.54) is 0 Å². The molecule has 0 aliphatic heterocycles. The molecule has 0 aliphatic rings. The number of hydrogen-bond donors (Lipinski definition) is 6. The van der Waals surface area contributed by atoms with Crippen molar-refractivity contribution in [2.75, 3.05) is 6.67 Å². The number of nitrogens with zero attached hydrogens (tertiary/aromatic N) is 1. The Bertz CT molecular complexity index is 158. The van der Waals surface area contributed by atoms with Crippen LogP contribution in [0.15, 0.2) is 0 Å². The molecule has 0 fully saturated rings. The Morgan fingerprint density at radius 1 is 1.73 bits per heavy atom. The molecule has 8 N–H and O–H groups in total. The van der Waals surface area contributed by atoms with E-state index in [1.54, 1.807) is 6.19 Å². The van der Waals surface area contributed by atoms with Gasteiger partial charge in [0, 0.05) is 0 Å². The molecule has 0 aromatic rings. The monoisotopic (exact) mass is 157 g/mol. The van der Waals surface area contributed by atoms with E-state index in [2.05, 4.69) is 16.0 Å². The molecule has 0 aromatic carbocycles. The van der Waals surface area contributed by atoms with Gasteiger partial charge in [-0.1, -0.05) is 0 Å². The molecule has 0 aromatic heterocycles. The molecule has 1 unspecified atom stereocenters. The van der Waals surface area contributed by atoms with Crippen LogP contribution in [0.3, 0.4) is 0 Å². The van der Waals surface area contributed by atoms with Crippen LogP contribution in [0.1, 0.15) is 0 Å². The van der Waals surface area contributed by atoms with Crippen LogP contribution in [0.2, 0.25) is 0 Å². The highest BCUT2D eigenvalue weighted by Gasteiger charge is 1.95. The molecule has 62 valence electrons. The summed E-state index contributed by atoms with van der Waals surface area (Å²) in [6, 6.07) is 0. The van der Waals surface area contributed by atoms with Crippen LogP contribution in [-0.4, -0.2) is 18.9 Å². The summed E-state index contributed by atoms with van der Waals surface area (Å²) in [5.41, 5.74) is 10.2. The first-order valence-corrected chi connectivity index (χ1v) is 2.88. The summed E-state index contributed by atoms with van der Waals surface area (Å²) in [5.74, 6) is -0.151. The highest BCUT2D eigenvalue weighted by molar-refractivity contribution is 5.74. The van der Waals surface area contributed by atoms with Crippen LogP contribution in [0.5, 0.6) is 0 Å². The second-order valence-electron chi connectivity index (χ2n) is 1.71. The van der Waals surface area contributed by atoms with Gasteiger partial charge < -0.3 is 11.1 Å². The lowest BCUT2D eigenvalue weighted by molar-refractivity contribution is 0.485. The molecule has 0 heterocycles. The fraction of sp³-hybridized carbons (Fsp3) is 0.500. The van der Waals surface area contributed by atoms with Crippen molar-refractivity contribution < 1.29 is 0 Å². The van der Waals surface area contributed by atoms with Crippen LogP contribution < -0.4 is 27.4 Å². The molecule has 7 heteroatoms. The second-order valence-corrected chi connectivity index (χ2v) is 1.71. The largest absolute Gasteiger partial charge is 0.370 e. The summed E-state index contributed by atoms with van der Waals surface area (Å²) >= 11 is 0. The molecular weight excluding hydrogens is 146 g/mol. The second kappa shape index (κ2) is 5.28. The first kappa shape index (κ1) is 9.48. The summed E-state index contributed by atoms with van der Waals surface area (Å²) in [7, 11) is 0.